The minimum absolute atomic E-state index is 0.0385. The van der Waals surface area contributed by atoms with Crippen LogP contribution in [-0.2, 0) is 27.9 Å². The van der Waals surface area contributed by atoms with Gasteiger partial charge in [-0.05, 0) is 115 Å². The van der Waals surface area contributed by atoms with Gasteiger partial charge < -0.3 is 28.5 Å². The predicted octanol–water partition coefficient (Wildman–Crippen LogP) is 19.5. The summed E-state index contributed by atoms with van der Waals surface area (Å²) in [5.74, 6) is -0.618. The lowest BCUT2D eigenvalue weighted by Gasteiger charge is -2.30. The van der Waals surface area contributed by atoms with Crippen molar-refractivity contribution < 1.29 is 37.3 Å². The number of hydrogen-bond acceptors (Lipinski definition) is 7. The van der Waals surface area contributed by atoms with Crippen molar-refractivity contribution in [1.82, 2.24) is 5.32 Å². The number of hydrogen-bond donors (Lipinski definition) is 1. The normalized spacial score (nSPS) is 14.4. The Hall–Kier alpha value is -3.33. The molecule has 0 bridgehead atoms. The fourth-order valence-corrected chi connectivity index (χ4v) is 9.40. The maximum atomic E-state index is 13.5. The van der Waals surface area contributed by atoms with Gasteiger partial charge in [-0.15, -0.1) is 0 Å². The fourth-order valence-electron chi connectivity index (χ4n) is 8.67. The number of quaternary nitrogens is 1. The number of amides is 1. The molecule has 0 aromatic carbocycles. The average molecular weight is 1120 g/mol. The molecule has 0 saturated heterocycles. The van der Waals surface area contributed by atoms with Crippen LogP contribution in [0, 0.1) is 0 Å². The molecule has 10 heteroatoms. The number of carbonyl (C=O) groups is 2. The zero-order chi connectivity index (χ0) is 57.9. The van der Waals surface area contributed by atoms with E-state index >= 15 is 0 Å². The van der Waals surface area contributed by atoms with Crippen molar-refractivity contribution in [3.63, 3.8) is 0 Å². The van der Waals surface area contributed by atoms with E-state index in [0.717, 1.165) is 89.9 Å². The van der Waals surface area contributed by atoms with E-state index in [1.54, 1.807) is 0 Å². The van der Waals surface area contributed by atoms with Gasteiger partial charge in [-0.25, -0.2) is 0 Å². The first-order chi connectivity index (χ1) is 38.4. The molecule has 0 heterocycles. The lowest BCUT2D eigenvalue weighted by Crippen LogP contribution is -2.47. The summed E-state index contributed by atoms with van der Waals surface area (Å²) in [5, 5.41) is 2.99. The van der Waals surface area contributed by atoms with E-state index in [2.05, 4.69) is 123 Å². The summed E-state index contributed by atoms with van der Waals surface area (Å²) in [7, 11) is 1.13. The van der Waals surface area contributed by atoms with Gasteiger partial charge in [-0.2, -0.15) is 0 Å². The Morgan fingerprint density at radius 3 is 1.20 bits per heavy atom. The number of ether oxygens (including phenoxy) is 1. The lowest BCUT2D eigenvalue weighted by molar-refractivity contribution is -0.870. The Balaban J connectivity index is 5.22. The van der Waals surface area contributed by atoms with Crippen LogP contribution >= 0.6 is 7.82 Å². The Bertz CT molecular complexity index is 1720. The monoisotopic (exact) mass is 1120 g/mol. The lowest BCUT2D eigenvalue weighted by atomic mass is 10.1. The average Bonchev–Trinajstić information content (AvgIpc) is 3.41. The van der Waals surface area contributed by atoms with Crippen LogP contribution in [0.5, 0.6) is 0 Å². The van der Waals surface area contributed by atoms with Crippen LogP contribution < -0.4 is 10.2 Å². The van der Waals surface area contributed by atoms with Crippen molar-refractivity contribution in [3.05, 3.63) is 109 Å². The van der Waals surface area contributed by atoms with E-state index < -0.39 is 26.6 Å². The van der Waals surface area contributed by atoms with Crippen LogP contribution in [0.25, 0.3) is 0 Å². The van der Waals surface area contributed by atoms with E-state index in [1.807, 2.05) is 33.3 Å². The smallest absolute Gasteiger partial charge is 0.306 e. The third-order valence-electron chi connectivity index (χ3n) is 13.7. The minimum Gasteiger partial charge on any atom is -0.756 e. The molecule has 1 N–H and O–H groups in total. The molecule has 3 unspecified atom stereocenters. The zero-order valence-electron chi connectivity index (χ0n) is 51.8. The quantitative estimate of drug-likeness (QED) is 0.0212. The van der Waals surface area contributed by atoms with Gasteiger partial charge in [-0.1, -0.05) is 246 Å². The van der Waals surface area contributed by atoms with E-state index in [-0.39, 0.29) is 31.3 Å². The molecule has 3 atom stereocenters. The van der Waals surface area contributed by atoms with E-state index in [0.29, 0.717) is 23.9 Å². The summed E-state index contributed by atoms with van der Waals surface area (Å²) in [6.07, 6.45) is 79.3. The highest BCUT2D eigenvalue weighted by Crippen LogP contribution is 2.38. The fraction of sp³-hybridized carbons (Fsp3) is 0.710. The third-order valence-corrected chi connectivity index (χ3v) is 14.6. The first kappa shape index (κ1) is 75.7. The van der Waals surface area contributed by atoms with Crippen LogP contribution in [0.15, 0.2) is 109 Å². The van der Waals surface area contributed by atoms with Crippen LogP contribution in [0.1, 0.15) is 265 Å². The van der Waals surface area contributed by atoms with Crippen molar-refractivity contribution >= 4 is 19.7 Å². The van der Waals surface area contributed by atoms with Gasteiger partial charge in [-0.3, -0.25) is 14.2 Å². The van der Waals surface area contributed by atoms with Crippen LogP contribution in [0.4, 0.5) is 0 Å². The maximum absolute atomic E-state index is 13.5. The number of nitrogens with zero attached hydrogens (tertiary/aromatic N) is 1. The standard InChI is InChI=1S/C69H121N2O7P/c1-7-10-13-16-19-22-25-27-29-31-32-33-34-35-36-37-38-40-42-44-47-50-53-56-59-62-69(73)78-67(60-57-54-51-48-45-24-21-18-15-12-9-3)66(65-77-79(74,75)76-64-63-71(4,5)6)70-68(72)61-58-55-52-49-46-43-41-39-30-28-26-23-20-17-14-11-8-2/h19-20,22-23,27-30,32-33,35-36,41,43,49,52,57,60,66-67H,7-18,21,24-26,31,34,37-40,42,44-48,50-51,53-56,58-59,61-65H2,1-6H3,(H-,70,72,74,75)/b22-19-,23-20-,29-27-,30-28-,33-32-,36-35-,43-41-,52-49-,60-57-. The molecule has 0 aliphatic rings. The number of phosphoric ester groups is 1. The number of nitrogens with one attached hydrogen (secondary N) is 1. The number of phosphoric acid groups is 1. The summed E-state index contributed by atoms with van der Waals surface area (Å²) in [6.45, 7) is 6.73. The molecular weight excluding hydrogens is 1000 g/mol. The van der Waals surface area contributed by atoms with Crippen molar-refractivity contribution in [3.8, 4) is 0 Å². The molecule has 79 heavy (non-hydrogen) atoms. The highest BCUT2D eigenvalue weighted by atomic mass is 31.2. The number of esters is 1. The van der Waals surface area contributed by atoms with Crippen molar-refractivity contribution in [2.24, 2.45) is 0 Å². The second-order valence-corrected chi connectivity index (χ2v) is 24.0. The SMILES string of the molecule is CCCCC/C=C\C/C=C\C/C=C\C/C=C\CCCCCCCCCCCC(=O)OC(/C=C\CCCCCCCCCCC)C(COP(=O)([O-])OCC[N+](C)(C)C)NC(=O)CCC/C=C\C/C=C\C/C=C\C/C=C\CCCCC. The van der Waals surface area contributed by atoms with E-state index in [1.165, 1.54) is 128 Å². The van der Waals surface area contributed by atoms with Gasteiger partial charge in [0, 0.05) is 12.8 Å². The number of allylic oxidation sites excluding steroid dienone is 17. The molecule has 0 aliphatic heterocycles. The van der Waals surface area contributed by atoms with Gasteiger partial charge in [0.15, 0.2) is 0 Å². The number of likely N-dealkylation sites (N-methyl/N-ethyl adjacent to an activating group) is 1. The van der Waals surface area contributed by atoms with E-state index in [4.69, 9.17) is 13.8 Å². The zero-order valence-corrected chi connectivity index (χ0v) is 52.7. The summed E-state index contributed by atoms with van der Waals surface area (Å²) in [5.41, 5.74) is 0. The number of carbonyl (C=O) groups excluding carboxylic acids is 2. The predicted molar refractivity (Wildman–Crippen MR) is 339 cm³/mol. The first-order valence-corrected chi connectivity index (χ1v) is 33.7. The molecule has 0 rings (SSSR count). The largest absolute Gasteiger partial charge is 0.756 e. The van der Waals surface area contributed by atoms with Crippen molar-refractivity contribution in [2.75, 3.05) is 40.9 Å². The van der Waals surface area contributed by atoms with Crippen LogP contribution in [0.2, 0.25) is 0 Å². The molecule has 0 spiro atoms. The first-order valence-electron chi connectivity index (χ1n) is 32.2. The topological polar surface area (TPSA) is 114 Å². The molecule has 0 fully saturated rings. The van der Waals surface area contributed by atoms with Crippen molar-refractivity contribution in [1.29, 1.82) is 0 Å². The van der Waals surface area contributed by atoms with Gasteiger partial charge in [0.05, 0.1) is 33.8 Å². The van der Waals surface area contributed by atoms with Crippen molar-refractivity contribution in [2.45, 2.75) is 277 Å². The molecule has 454 valence electrons. The summed E-state index contributed by atoms with van der Waals surface area (Å²) in [6, 6.07) is -0.926. The molecule has 1 amide bonds. The maximum Gasteiger partial charge on any atom is 0.306 e. The molecule has 0 saturated carbocycles. The highest BCUT2D eigenvalue weighted by Gasteiger charge is 2.27. The molecular formula is C69H121N2O7P. The summed E-state index contributed by atoms with van der Waals surface area (Å²) >= 11 is 0. The Kier molecular flexibility index (Phi) is 55.4. The highest BCUT2D eigenvalue weighted by molar-refractivity contribution is 7.45. The Morgan fingerprint density at radius 2 is 0.785 bits per heavy atom. The van der Waals surface area contributed by atoms with E-state index in [9.17, 15) is 19.0 Å². The Morgan fingerprint density at radius 1 is 0.443 bits per heavy atom. The molecule has 0 aromatic rings. The van der Waals surface area contributed by atoms with Gasteiger partial charge >= 0.3 is 5.97 Å². The summed E-state index contributed by atoms with van der Waals surface area (Å²) in [4.78, 5) is 40.0. The molecule has 9 nitrogen and oxygen atoms in total. The van der Waals surface area contributed by atoms with Gasteiger partial charge in [0.2, 0.25) is 5.91 Å². The summed E-state index contributed by atoms with van der Waals surface area (Å²) < 4.78 is 30.3. The molecule has 0 radical (unpaired) electrons. The molecule has 0 aromatic heterocycles. The van der Waals surface area contributed by atoms with Gasteiger partial charge in [0.1, 0.15) is 19.3 Å². The second-order valence-electron chi connectivity index (χ2n) is 22.6. The molecule has 0 aliphatic carbocycles. The van der Waals surface area contributed by atoms with Gasteiger partial charge in [0.25, 0.3) is 7.82 Å². The minimum atomic E-state index is -4.72. The van der Waals surface area contributed by atoms with Crippen LogP contribution in [0.3, 0.4) is 0 Å². The second kappa shape index (κ2) is 57.9. The third kappa shape index (κ3) is 59.1. The number of unbranched alkanes of at least 4 members (excludes halogenated alkanes) is 25. The van der Waals surface area contributed by atoms with Crippen LogP contribution in [-0.4, -0.2) is 69.4 Å². The Labute approximate surface area is 487 Å². The number of rotatable bonds is 57.